The zero-order valence-electron chi connectivity index (χ0n) is 24.6. The third kappa shape index (κ3) is 5.76. The molecule has 0 aliphatic carbocycles. The first-order chi connectivity index (χ1) is 21.8. The number of hydrogen-bond donors (Lipinski definition) is 1. The summed E-state index contributed by atoms with van der Waals surface area (Å²) in [7, 11) is 1.48. The van der Waals surface area contributed by atoms with E-state index in [1.807, 2.05) is 25.1 Å². The van der Waals surface area contributed by atoms with E-state index >= 15 is 0 Å². The topological polar surface area (TPSA) is 102 Å². The first kappa shape index (κ1) is 30.3. The lowest BCUT2D eigenvalue weighted by Crippen LogP contribution is -2.29. The van der Waals surface area contributed by atoms with Crippen LogP contribution in [0.15, 0.2) is 88.8 Å². The first-order valence-corrected chi connectivity index (χ1v) is 15.9. The number of methoxy groups -OCH3 is 1. The number of aromatic nitrogens is 2. The van der Waals surface area contributed by atoms with Crippen LogP contribution in [0.5, 0.6) is 11.5 Å². The van der Waals surface area contributed by atoms with E-state index in [0.29, 0.717) is 39.3 Å². The number of halogens is 1. The molecule has 1 saturated heterocycles. The second-order valence-corrected chi connectivity index (χ2v) is 12.4. The Hall–Kier alpha value is -4.74. The molecule has 1 aliphatic rings. The largest absolute Gasteiger partial charge is 0.507 e. The fourth-order valence-electron chi connectivity index (χ4n) is 5.29. The van der Waals surface area contributed by atoms with E-state index in [1.54, 1.807) is 25.1 Å². The lowest BCUT2D eigenvalue weighted by molar-refractivity contribution is -0.132. The quantitative estimate of drug-likeness (QED) is 0.0582. The first-order valence-electron chi connectivity index (χ1n) is 14.1. The SMILES string of the molecule is CCOc1ccc([C@@H]2C(=C(O)c3ccc(C)c(F)c3)C(=O)C(=O)N2c2nnc(SCc3cccc4ccccc34)s2)cc1OC. The van der Waals surface area contributed by atoms with Crippen molar-refractivity contribution in [1.82, 2.24) is 10.2 Å². The molecule has 2 heterocycles. The van der Waals surface area contributed by atoms with Crippen LogP contribution in [0.25, 0.3) is 16.5 Å². The standard InChI is InChI=1S/C34H28FN3O5S2/c1-4-43-26-15-14-21(17-27(26)42-3)29-28(30(39)22-13-12-19(2)25(35)16-22)31(40)32(41)38(29)33-36-37-34(45-33)44-18-23-10-7-9-20-8-5-6-11-24(20)23/h5-17,29,39H,4,18H2,1-3H3/t29-/m1/s1. The van der Waals surface area contributed by atoms with E-state index in [-0.39, 0.29) is 16.3 Å². The highest BCUT2D eigenvalue weighted by Crippen LogP contribution is 2.46. The third-order valence-corrected chi connectivity index (χ3v) is 9.63. The maximum atomic E-state index is 14.5. The number of aryl methyl sites for hydroxylation is 1. The number of carbonyl (C=O) groups is 2. The average Bonchev–Trinajstić information content (AvgIpc) is 3.62. The minimum atomic E-state index is -1.09. The second kappa shape index (κ2) is 12.7. The van der Waals surface area contributed by atoms with Crippen molar-refractivity contribution < 1.29 is 28.6 Å². The number of ketones is 1. The van der Waals surface area contributed by atoms with Crippen LogP contribution < -0.4 is 14.4 Å². The summed E-state index contributed by atoms with van der Waals surface area (Å²) in [5, 5.41) is 22.5. The van der Waals surface area contributed by atoms with Crippen LogP contribution in [0.3, 0.4) is 0 Å². The van der Waals surface area contributed by atoms with Crippen molar-refractivity contribution in [3.05, 3.63) is 113 Å². The number of ether oxygens (including phenoxy) is 2. The zero-order chi connectivity index (χ0) is 31.7. The van der Waals surface area contributed by atoms with Gasteiger partial charge in [0.1, 0.15) is 11.6 Å². The van der Waals surface area contributed by atoms with Gasteiger partial charge in [0, 0.05) is 11.3 Å². The van der Waals surface area contributed by atoms with Gasteiger partial charge < -0.3 is 14.6 Å². The van der Waals surface area contributed by atoms with Gasteiger partial charge >= 0.3 is 5.91 Å². The highest BCUT2D eigenvalue weighted by molar-refractivity contribution is 8.00. The summed E-state index contributed by atoms with van der Waals surface area (Å²) in [5.74, 6) is -1.38. The molecular formula is C34H28FN3O5S2. The summed E-state index contributed by atoms with van der Waals surface area (Å²) in [6.45, 7) is 3.83. The highest BCUT2D eigenvalue weighted by atomic mass is 32.2. The Morgan fingerprint density at radius 2 is 1.82 bits per heavy atom. The number of aliphatic hydroxyl groups excluding tert-OH is 1. The Bertz CT molecular complexity index is 1970. The van der Waals surface area contributed by atoms with Gasteiger partial charge in [0.2, 0.25) is 5.13 Å². The molecule has 4 aromatic carbocycles. The summed E-state index contributed by atoms with van der Waals surface area (Å²) in [5.41, 5.74) is 1.84. The Morgan fingerprint density at radius 3 is 2.60 bits per heavy atom. The van der Waals surface area contributed by atoms with Crippen LogP contribution in [0.2, 0.25) is 0 Å². The van der Waals surface area contributed by atoms with Crippen molar-refractivity contribution in [3.63, 3.8) is 0 Å². The normalized spacial score (nSPS) is 16.0. The second-order valence-electron chi connectivity index (χ2n) is 10.3. The van der Waals surface area contributed by atoms with Gasteiger partial charge in [-0.05, 0) is 59.5 Å². The number of benzene rings is 4. The minimum absolute atomic E-state index is 0.0718. The fourth-order valence-corrected chi connectivity index (χ4v) is 7.16. The molecule has 1 aromatic heterocycles. The number of Topliss-reactive ketones (excluding diaryl/α,β-unsaturated/α-hetero) is 1. The predicted molar refractivity (Wildman–Crippen MR) is 174 cm³/mol. The summed E-state index contributed by atoms with van der Waals surface area (Å²) >= 11 is 2.64. The number of aliphatic hydroxyl groups is 1. The van der Waals surface area contributed by atoms with Crippen molar-refractivity contribution in [2.24, 2.45) is 0 Å². The minimum Gasteiger partial charge on any atom is -0.507 e. The molecule has 1 amide bonds. The van der Waals surface area contributed by atoms with Gasteiger partial charge in [0.15, 0.2) is 15.8 Å². The van der Waals surface area contributed by atoms with Crippen LogP contribution in [-0.2, 0) is 15.3 Å². The number of rotatable bonds is 9. The molecule has 0 spiro atoms. The fraction of sp³-hybridized carbons (Fsp3) is 0.176. The monoisotopic (exact) mass is 641 g/mol. The summed E-state index contributed by atoms with van der Waals surface area (Å²) in [4.78, 5) is 28.5. The molecule has 11 heteroatoms. The van der Waals surface area contributed by atoms with E-state index in [0.717, 1.165) is 22.4 Å². The molecule has 6 rings (SSSR count). The molecule has 0 saturated carbocycles. The van der Waals surface area contributed by atoms with Crippen LogP contribution in [0, 0.1) is 12.7 Å². The van der Waals surface area contributed by atoms with Crippen LogP contribution in [0.1, 0.15) is 35.2 Å². The zero-order valence-corrected chi connectivity index (χ0v) is 26.2. The van der Waals surface area contributed by atoms with E-state index in [2.05, 4.69) is 34.5 Å². The van der Waals surface area contributed by atoms with Gasteiger partial charge in [0.05, 0.1) is 25.3 Å². The average molecular weight is 642 g/mol. The summed E-state index contributed by atoms with van der Waals surface area (Å²) in [6.07, 6.45) is 0. The van der Waals surface area contributed by atoms with Crippen LogP contribution in [-0.4, -0.2) is 40.7 Å². The molecule has 1 fully saturated rings. The van der Waals surface area contributed by atoms with E-state index in [4.69, 9.17) is 9.47 Å². The maximum absolute atomic E-state index is 14.5. The van der Waals surface area contributed by atoms with E-state index in [9.17, 15) is 19.1 Å². The number of fused-ring (bicyclic) bond motifs is 1. The van der Waals surface area contributed by atoms with Crippen molar-refractivity contribution in [2.45, 2.75) is 30.0 Å². The highest BCUT2D eigenvalue weighted by Gasteiger charge is 2.48. The number of nitrogens with zero attached hydrogens (tertiary/aromatic N) is 3. The molecular weight excluding hydrogens is 614 g/mol. The maximum Gasteiger partial charge on any atom is 0.301 e. The number of anilines is 1. The number of thioether (sulfide) groups is 1. The molecule has 1 atom stereocenters. The number of carbonyl (C=O) groups excluding carboxylic acids is 2. The van der Waals surface area contributed by atoms with Gasteiger partial charge in [-0.25, -0.2) is 4.39 Å². The Morgan fingerprint density at radius 1 is 1.02 bits per heavy atom. The summed E-state index contributed by atoms with van der Waals surface area (Å²) < 4.78 is 26.3. The van der Waals surface area contributed by atoms with Crippen molar-refractivity contribution in [1.29, 1.82) is 0 Å². The smallest absolute Gasteiger partial charge is 0.301 e. The Balaban J connectivity index is 1.41. The number of hydrogen-bond acceptors (Lipinski definition) is 9. The molecule has 1 aliphatic heterocycles. The molecule has 228 valence electrons. The lowest BCUT2D eigenvalue weighted by Gasteiger charge is -2.23. The predicted octanol–water partition coefficient (Wildman–Crippen LogP) is 7.46. The Kier molecular flexibility index (Phi) is 8.55. The van der Waals surface area contributed by atoms with Crippen LogP contribution >= 0.6 is 23.1 Å². The lowest BCUT2D eigenvalue weighted by atomic mass is 9.94. The number of amides is 1. The van der Waals surface area contributed by atoms with Gasteiger partial charge in [-0.15, -0.1) is 10.2 Å². The van der Waals surface area contributed by atoms with E-state index < -0.39 is 29.3 Å². The molecule has 45 heavy (non-hydrogen) atoms. The van der Waals surface area contributed by atoms with Gasteiger partial charge in [-0.1, -0.05) is 83.8 Å². The Labute approximate surface area is 267 Å². The van der Waals surface area contributed by atoms with Crippen molar-refractivity contribution in [2.75, 3.05) is 18.6 Å². The van der Waals surface area contributed by atoms with Gasteiger partial charge in [-0.3, -0.25) is 14.5 Å². The third-order valence-electron chi connectivity index (χ3n) is 7.53. The molecule has 0 bridgehead atoms. The summed E-state index contributed by atoms with van der Waals surface area (Å²) in [6, 6.07) is 22.3. The van der Waals surface area contributed by atoms with Crippen molar-refractivity contribution >= 4 is 56.5 Å². The van der Waals surface area contributed by atoms with Gasteiger partial charge in [0.25, 0.3) is 5.78 Å². The molecule has 8 nitrogen and oxygen atoms in total. The molecule has 5 aromatic rings. The van der Waals surface area contributed by atoms with Gasteiger partial charge in [-0.2, -0.15) is 0 Å². The van der Waals surface area contributed by atoms with E-state index in [1.165, 1.54) is 47.2 Å². The molecule has 0 unspecified atom stereocenters. The molecule has 1 N–H and O–H groups in total. The molecule has 0 radical (unpaired) electrons. The van der Waals surface area contributed by atoms with Crippen molar-refractivity contribution in [3.8, 4) is 11.5 Å². The van der Waals surface area contributed by atoms with Crippen LogP contribution in [0.4, 0.5) is 9.52 Å².